The summed E-state index contributed by atoms with van der Waals surface area (Å²) in [7, 11) is 8.75. The fraction of sp³-hybridized carbons (Fsp3) is 0.922. The molecule has 81 heavy (non-hydrogen) atoms. The van der Waals surface area contributed by atoms with Gasteiger partial charge < -0.3 is 19.6 Å². The Balaban J connectivity index is -0.0000000252. The van der Waals surface area contributed by atoms with E-state index in [1.807, 2.05) is 175 Å². The molecule has 7 aliphatic rings. The molecule has 0 unspecified atom stereocenters. The van der Waals surface area contributed by atoms with Gasteiger partial charge in [-0.3, -0.25) is 0 Å². The van der Waals surface area contributed by atoms with Crippen LogP contribution >= 0.6 is 0 Å². The van der Waals surface area contributed by atoms with Crippen molar-refractivity contribution in [1.29, 1.82) is 0 Å². The predicted octanol–water partition coefficient (Wildman–Crippen LogP) is 29.3. The third-order valence-electron chi connectivity index (χ3n) is 10.5. The smallest absolute Gasteiger partial charge is 0.0107 e. The van der Waals surface area contributed by atoms with Gasteiger partial charge >= 0.3 is 0 Å². The summed E-state index contributed by atoms with van der Waals surface area (Å²) < 4.78 is 0. The lowest BCUT2D eigenvalue weighted by atomic mass is 10.00. The molecule has 0 radical (unpaired) electrons. The lowest BCUT2D eigenvalue weighted by molar-refractivity contribution is 0.181. The van der Waals surface area contributed by atoms with Crippen LogP contribution in [0.1, 0.15) is 388 Å². The first-order valence-electron chi connectivity index (χ1n) is 32.5. The van der Waals surface area contributed by atoms with Crippen LogP contribution in [0.2, 0.25) is 0 Å². The summed E-state index contributed by atoms with van der Waals surface area (Å²) in [4.78, 5) is 9.53. The summed E-state index contributed by atoms with van der Waals surface area (Å²) >= 11 is 0. The number of nitrogens with zero attached hydrogens (tertiary/aromatic N) is 4. The van der Waals surface area contributed by atoms with Gasteiger partial charge in [-0.2, -0.15) is 0 Å². The van der Waals surface area contributed by atoms with E-state index in [2.05, 4.69) is 75.5 Å². The van der Waals surface area contributed by atoms with E-state index in [9.17, 15) is 0 Å². The Labute approximate surface area is 534 Å². The van der Waals surface area contributed by atoms with Crippen molar-refractivity contribution in [3.05, 3.63) is 36.4 Å². The topological polar surface area (TPSA) is 13.0 Å². The third-order valence-corrected chi connectivity index (χ3v) is 10.5. The molecule has 0 atom stereocenters. The molecule has 1 aromatic rings. The molecule has 522 valence electrons. The first-order chi connectivity index (χ1) is 34.8. The van der Waals surface area contributed by atoms with Crippen LogP contribution < -0.4 is 0 Å². The zero-order chi connectivity index (χ0) is 57.6. The molecule has 4 saturated carbocycles. The number of piperazine rings is 1. The molecule has 3 aliphatic heterocycles. The average Bonchev–Trinajstić information content (AvgIpc) is 4.22. The molecule has 0 N–H and O–H groups in total. The second-order valence-corrected chi connectivity index (χ2v) is 16.8. The molecule has 0 bridgehead atoms. The average molecular weight is 1180 g/mol. The molecule has 4 aliphatic carbocycles. The van der Waals surface area contributed by atoms with E-state index in [0.717, 1.165) is 11.8 Å². The van der Waals surface area contributed by atoms with Gasteiger partial charge in [0.05, 0.1) is 0 Å². The SMILES string of the molecule is C.C.C.C.C.C.C.C.C.C.C1CC1.C1CCC1.C1CCCC1.C1CCCCC1.CC.CC.CC.CC.CC.CC.CC.CC.CC.CC.CC1CCN(C)CC1.CC1CCN(C)CC1.CCC.CN1CCN(C)CC1.c1ccccc1. The molecule has 0 aromatic heterocycles. The summed E-state index contributed by atoms with van der Waals surface area (Å²) in [5.41, 5.74) is 0. The zero-order valence-electron chi connectivity index (χ0n) is 56.3. The lowest BCUT2D eigenvalue weighted by Gasteiger charge is -2.28. The van der Waals surface area contributed by atoms with E-state index in [1.54, 1.807) is 0 Å². The summed E-state index contributed by atoms with van der Waals surface area (Å²) in [5.74, 6) is 1.96. The number of likely N-dealkylation sites (N-methyl/N-ethyl adjacent to an activating group) is 2. The maximum absolute atomic E-state index is 2.40. The van der Waals surface area contributed by atoms with Crippen molar-refractivity contribution >= 4 is 0 Å². The van der Waals surface area contributed by atoms with Crippen molar-refractivity contribution in [2.24, 2.45) is 11.8 Å². The molecule has 8 rings (SSSR count). The van der Waals surface area contributed by atoms with Gasteiger partial charge in [0.15, 0.2) is 0 Å². The van der Waals surface area contributed by atoms with Crippen LogP contribution in [0, 0.1) is 11.8 Å². The number of piperidine rings is 2. The fourth-order valence-corrected chi connectivity index (χ4v) is 5.76. The van der Waals surface area contributed by atoms with Crippen LogP contribution in [0.15, 0.2) is 36.4 Å². The minimum absolute atomic E-state index is 0. The Morgan fingerprint density at radius 1 is 0.222 bits per heavy atom. The Morgan fingerprint density at radius 3 is 0.395 bits per heavy atom. The van der Waals surface area contributed by atoms with Crippen LogP contribution in [0.5, 0.6) is 0 Å². The number of hydrogen-bond donors (Lipinski definition) is 0. The molecular weight excluding hydrogens is 981 g/mol. The number of rotatable bonds is 0. The molecule has 3 saturated heterocycles. The predicted molar refractivity (Wildman–Crippen MR) is 413 cm³/mol. The van der Waals surface area contributed by atoms with Crippen molar-refractivity contribution in [3.8, 4) is 0 Å². The molecule has 4 nitrogen and oxygen atoms in total. The lowest BCUT2D eigenvalue weighted by Crippen LogP contribution is -2.42. The summed E-state index contributed by atoms with van der Waals surface area (Å²) in [6, 6.07) is 12.0. The highest BCUT2D eigenvalue weighted by molar-refractivity contribution is 4.99. The Kier molecular flexibility index (Phi) is 292. The zero-order valence-corrected chi connectivity index (χ0v) is 56.3. The van der Waals surface area contributed by atoms with Gasteiger partial charge in [-0.25, -0.2) is 0 Å². The highest BCUT2D eigenvalue weighted by Gasteiger charge is 2.11. The van der Waals surface area contributed by atoms with Crippen molar-refractivity contribution < 1.29 is 0 Å². The first kappa shape index (κ1) is 143. The largest absolute Gasteiger partial charge is 0.306 e. The normalized spacial score (nSPS) is 14.7. The van der Waals surface area contributed by atoms with Crippen LogP contribution in [0.25, 0.3) is 0 Å². The molecule has 0 amide bonds. The Morgan fingerprint density at radius 2 is 0.309 bits per heavy atom. The second kappa shape index (κ2) is 165. The molecule has 7 fully saturated rings. The van der Waals surface area contributed by atoms with E-state index >= 15 is 0 Å². The van der Waals surface area contributed by atoms with Gasteiger partial charge in [-0.1, -0.05) is 399 Å². The third kappa shape index (κ3) is 180. The summed E-state index contributed by atoms with van der Waals surface area (Å²) in [6.45, 7) is 59.1. The van der Waals surface area contributed by atoms with E-state index in [4.69, 9.17) is 0 Å². The van der Waals surface area contributed by atoms with Crippen LogP contribution in [0.4, 0.5) is 0 Å². The van der Waals surface area contributed by atoms with Crippen molar-refractivity contribution in [2.45, 2.75) is 388 Å². The summed E-state index contributed by atoms with van der Waals surface area (Å²) in [5, 5.41) is 0. The number of likely N-dealkylation sites (tertiary alicyclic amines) is 2. The first-order valence-corrected chi connectivity index (χ1v) is 32.5. The van der Waals surface area contributed by atoms with Crippen LogP contribution in [-0.4, -0.2) is 100 Å². The van der Waals surface area contributed by atoms with Crippen molar-refractivity contribution in [1.82, 2.24) is 19.6 Å². The minimum atomic E-state index is 0. The molecule has 3 heterocycles. The quantitative estimate of drug-likeness (QED) is 0.257. The number of benzene rings is 1. The number of hydrogen-bond acceptors (Lipinski definition) is 4. The van der Waals surface area contributed by atoms with Crippen LogP contribution in [0.3, 0.4) is 0 Å². The molecule has 4 heteroatoms. The fourth-order valence-electron chi connectivity index (χ4n) is 5.76. The van der Waals surface area contributed by atoms with Gasteiger partial charge in [-0.05, 0) is 91.9 Å². The highest BCUT2D eigenvalue weighted by Crippen LogP contribution is 2.17. The molecule has 1 aromatic carbocycles. The van der Waals surface area contributed by atoms with E-state index in [-0.39, 0.29) is 74.3 Å². The molecule has 0 spiro atoms. The van der Waals surface area contributed by atoms with Gasteiger partial charge in [0.25, 0.3) is 0 Å². The van der Waals surface area contributed by atoms with Gasteiger partial charge in [-0.15, -0.1) is 0 Å². The standard InChI is InChI=1S/2C7H15N.C6H14N2.C6H12.C6H6.C5H10.C4H8.C3H6.C3H8.10C2H6.10CH4/c3*1-7-3-5-8(2)6-4-7;2*1-2-4-6-5-3-1;1-2-4-5-3-1;1-2-4-3-1;1-2-3-1;1-3-2;10*1-2;;;;;;;;;;/h2*7H,3-6H2,1-2H3;3-6H2,1-2H3;1-6H2;1-6H;1-5H2;1-4H2;1-3H2;3H2,1-2H3;10*1-2H3;10*1H4. The molecular formula is C77H194N4. The van der Waals surface area contributed by atoms with Gasteiger partial charge in [0.1, 0.15) is 0 Å². The van der Waals surface area contributed by atoms with Gasteiger partial charge in [0.2, 0.25) is 0 Å². The van der Waals surface area contributed by atoms with E-state index < -0.39 is 0 Å². The van der Waals surface area contributed by atoms with E-state index in [0.29, 0.717) is 0 Å². The second-order valence-electron chi connectivity index (χ2n) is 16.8. The van der Waals surface area contributed by atoms with Gasteiger partial charge in [0, 0.05) is 26.2 Å². The highest BCUT2D eigenvalue weighted by atomic mass is 15.2. The van der Waals surface area contributed by atoms with Crippen molar-refractivity contribution in [2.75, 3.05) is 80.5 Å². The van der Waals surface area contributed by atoms with E-state index in [1.165, 1.54) is 200 Å². The van der Waals surface area contributed by atoms with Crippen molar-refractivity contribution in [3.63, 3.8) is 0 Å². The summed E-state index contributed by atoms with van der Waals surface area (Å²) in [6.07, 6.45) is 33.8. The Bertz CT molecular complexity index is 607. The Hall–Kier alpha value is -0.940. The maximum Gasteiger partial charge on any atom is 0.0107 e. The monoisotopic (exact) mass is 1180 g/mol. The van der Waals surface area contributed by atoms with Crippen LogP contribution in [-0.2, 0) is 0 Å². The maximum atomic E-state index is 2.40. The minimum Gasteiger partial charge on any atom is -0.306 e.